The van der Waals surface area contributed by atoms with Gasteiger partial charge in [0.05, 0.1) is 6.04 Å². The average molecular weight is 352 g/mol. The second kappa shape index (κ2) is 7.70. The lowest BCUT2D eigenvalue weighted by Crippen LogP contribution is -2.32. The van der Waals surface area contributed by atoms with E-state index in [0.29, 0.717) is 18.5 Å². The summed E-state index contributed by atoms with van der Waals surface area (Å²) in [6, 6.07) is 15.1. The Morgan fingerprint density at radius 2 is 1.92 bits per heavy atom. The van der Waals surface area contributed by atoms with Crippen LogP contribution in [-0.2, 0) is 11.2 Å². The summed E-state index contributed by atoms with van der Waals surface area (Å²) >= 11 is 0. The Hall–Kier alpha value is -2.66. The normalized spacial score (nSPS) is 14.0. The maximum Gasteiger partial charge on any atom is 0.254 e. The summed E-state index contributed by atoms with van der Waals surface area (Å²) in [5.74, 6) is -0.0663. The highest BCUT2D eigenvalue weighted by atomic mass is 16.3. The van der Waals surface area contributed by atoms with Crippen LogP contribution in [0.25, 0.3) is 0 Å². The van der Waals surface area contributed by atoms with Crippen LogP contribution in [0.4, 0.5) is 5.69 Å². The van der Waals surface area contributed by atoms with Gasteiger partial charge >= 0.3 is 0 Å². The van der Waals surface area contributed by atoms with Crippen molar-refractivity contribution in [1.82, 2.24) is 4.90 Å². The van der Waals surface area contributed by atoms with E-state index in [2.05, 4.69) is 0 Å². The summed E-state index contributed by atoms with van der Waals surface area (Å²) in [5, 5.41) is 9.43. The molecule has 5 nitrogen and oxygen atoms in total. The molecule has 136 valence electrons. The minimum Gasteiger partial charge on any atom is -0.396 e. The Labute approximate surface area is 153 Å². The number of aliphatic hydroxyl groups excluding tert-OH is 1. The van der Waals surface area contributed by atoms with Crippen molar-refractivity contribution in [3.63, 3.8) is 0 Å². The molecule has 0 fully saturated rings. The fraction of sp³-hybridized carbons (Fsp3) is 0.333. The quantitative estimate of drug-likeness (QED) is 0.900. The largest absolute Gasteiger partial charge is 0.396 e. The molecule has 3 rings (SSSR count). The van der Waals surface area contributed by atoms with E-state index in [-0.39, 0.29) is 24.5 Å². The predicted molar refractivity (Wildman–Crippen MR) is 101 cm³/mol. The molecule has 0 spiro atoms. The molecule has 0 radical (unpaired) electrons. The van der Waals surface area contributed by atoms with Gasteiger partial charge in [-0.3, -0.25) is 9.59 Å². The number of anilines is 1. The van der Waals surface area contributed by atoms with Crippen LogP contribution in [0.2, 0.25) is 0 Å². The van der Waals surface area contributed by atoms with Crippen molar-refractivity contribution >= 4 is 17.5 Å². The Morgan fingerprint density at radius 3 is 2.58 bits per heavy atom. The highest BCUT2D eigenvalue weighted by Gasteiger charge is 2.26. The summed E-state index contributed by atoms with van der Waals surface area (Å²) in [7, 11) is 1.77. The van der Waals surface area contributed by atoms with Crippen LogP contribution >= 0.6 is 0 Å². The van der Waals surface area contributed by atoms with Gasteiger partial charge in [-0.15, -0.1) is 0 Å². The SMILES string of the molecule is CC(=O)N1CCc2cc(C(=O)N(C)[C@H](CCO)c3ccccc3)ccc21. The smallest absolute Gasteiger partial charge is 0.254 e. The van der Waals surface area contributed by atoms with Crippen LogP contribution in [0.1, 0.15) is 40.9 Å². The van der Waals surface area contributed by atoms with Crippen LogP contribution in [-0.4, -0.2) is 42.0 Å². The predicted octanol–water partition coefficient (Wildman–Crippen LogP) is 2.79. The first-order chi connectivity index (χ1) is 12.5. The van der Waals surface area contributed by atoms with Gasteiger partial charge in [-0.1, -0.05) is 30.3 Å². The first-order valence-electron chi connectivity index (χ1n) is 8.87. The lowest BCUT2D eigenvalue weighted by atomic mass is 10.0. The topological polar surface area (TPSA) is 60.9 Å². The highest BCUT2D eigenvalue weighted by molar-refractivity contribution is 5.98. The van der Waals surface area contributed by atoms with Gasteiger partial charge in [-0.05, 0) is 42.2 Å². The van der Waals surface area contributed by atoms with Gasteiger partial charge in [0, 0.05) is 38.4 Å². The summed E-state index contributed by atoms with van der Waals surface area (Å²) in [6.45, 7) is 2.23. The van der Waals surface area contributed by atoms with E-state index in [4.69, 9.17) is 0 Å². The molecule has 5 heteroatoms. The van der Waals surface area contributed by atoms with Crippen LogP contribution in [0.5, 0.6) is 0 Å². The van der Waals surface area contributed by atoms with Crippen molar-refractivity contribution in [1.29, 1.82) is 0 Å². The Bertz CT molecular complexity index is 804. The van der Waals surface area contributed by atoms with E-state index in [0.717, 1.165) is 23.2 Å². The number of carbonyl (C=O) groups is 2. The fourth-order valence-electron chi connectivity index (χ4n) is 3.59. The first-order valence-corrected chi connectivity index (χ1v) is 8.87. The van der Waals surface area contributed by atoms with Gasteiger partial charge < -0.3 is 14.9 Å². The molecule has 0 bridgehead atoms. The van der Waals surface area contributed by atoms with Crippen LogP contribution in [0, 0.1) is 0 Å². The number of amides is 2. The standard InChI is InChI=1S/C21H24N2O3/c1-15(25)23-12-10-17-14-18(8-9-20(17)23)21(26)22(2)19(11-13-24)16-6-4-3-5-7-16/h3-9,14,19,24H,10-13H2,1-2H3/t19-/m1/s1. The molecular weight excluding hydrogens is 328 g/mol. The van der Waals surface area contributed by atoms with Crippen LogP contribution < -0.4 is 4.90 Å². The third-order valence-electron chi connectivity index (χ3n) is 4.98. The Kier molecular flexibility index (Phi) is 5.38. The van der Waals surface area contributed by atoms with Gasteiger partial charge in [0.1, 0.15) is 0 Å². The molecule has 2 aromatic carbocycles. The number of fused-ring (bicyclic) bond motifs is 1. The number of hydrogen-bond acceptors (Lipinski definition) is 3. The van der Waals surface area contributed by atoms with E-state index in [9.17, 15) is 14.7 Å². The van der Waals surface area contributed by atoms with Crippen molar-refractivity contribution in [2.75, 3.05) is 25.1 Å². The number of benzene rings is 2. The molecule has 2 aromatic rings. The summed E-state index contributed by atoms with van der Waals surface area (Å²) in [4.78, 5) is 28.1. The zero-order valence-corrected chi connectivity index (χ0v) is 15.2. The fourth-order valence-corrected chi connectivity index (χ4v) is 3.59. The molecule has 0 saturated carbocycles. The molecule has 0 aliphatic carbocycles. The van der Waals surface area contributed by atoms with Gasteiger partial charge in [0.2, 0.25) is 5.91 Å². The zero-order valence-electron chi connectivity index (χ0n) is 15.2. The third kappa shape index (κ3) is 3.48. The van der Waals surface area contributed by atoms with E-state index in [1.54, 1.807) is 29.8 Å². The molecule has 1 N–H and O–H groups in total. The molecule has 0 aromatic heterocycles. The van der Waals surface area contributed by atoms with E-state index in [1.807, 2.05) is 42.5 Å². The summed E-state index contributed by atoms with van der Waals surface area (Å²) < 4.78 is 0. The molecule has 26 heavy (non-hydrogen) atoms. The monoisotopic (exact) mass is 352 g/mol. The molecule has 1 aliphatic rings. The maximum atomic E-state index is 13.0. The lowest BCUT2D eigenvalue weighted by Gasteiger charge is -2.28. The van der Waals surface area contributed by atoms with Crippen molar-refractivity contribution in [2.45, 2.75) is 25.8 Å². The zero-order chi connectivity index (χ0) is 18.7. The van der Waals surface area contributed by atoms with Gasteiger partial charge in [0.15, 0.2) is 0 Å². The van der Waals surface area contributed by atoms with Crippen molar-refractivity contribution in [3.05, 3.63) is 65.2 Å². The number of nitrogens with zero attached hydrogens (tertiary/aromatic N) is 2. The van der Waals surface area contributed by atoms with E-state index in [1.165, 1.54) is 0 Å². The molecule has 2 amide bonds. The minimum atomic E-state index is -0.185. The minimum absolute atomic E-state index is 0.00887. The van der Waals surface area contributed by atoms with Crippen LogP contribution in [0.3, 0.4) is 0 Å². The number of hydrogen-bond donors (Lipinski definition) is 1. The molecule has 0 saturated heterocycles. The molecule has 1 aliphatic heterocycles. The summed E-state index contributed by atoms with van der Waals surface area (Å²) in [6.07, 6.45) is 1.24. The summed E-state index contributed by atoms with van der Waals surface area (Å²) in [5.41, 5.74) is 3.53. The van der Waals surface area contributed by atoms with Crippen molar-refractivity contribution < 1.29 is 14.7 Å². The first kappa shape index (κ1) is 18.1. The third-order valence-corrected chi connectivity index (χ3v) is 4.98. The Balaban J connectivity index is 1.85. The Morgan fingerprint density at radius 1 is 1.19 bits per heavy atom. The number of rotatable bonds is 5. The van der Waals surface area contributed by atoms with Crippen LogP contribution in [0.15, 0.2) is 48.5 Å². The second-order valence-electron chi connectivity index (χ2n) is 6.62. The molecule has 0 unspecified atom stereocenters. The highest BCUT2D eigenvalue weighted by Crippen LogP contribution is 2.30. The van der Waals surface area contributed by atoms with Crippen molar-refractivity contribution in [2.24, 2.45) is 0 Å². The molecule has 1 atom stereocenters. The van der Waals surface area contributed by atoms with Gasteiger partial charge in [0.25, 0.3) is 5.91 Å². The number of carbonyl (C=O) groups excluding carboxylic acids is 2. The lowest BCUT2D eigenvalue weighted by molar-refractivity contribution is -0.116. The average Bonchev–Trinajstić information content (AvgIpc) is 3.09. The van der Waals surface area contributed by atoms with Gasteiger partial charge in [-0.2, -0.15) is 0 Å². The maximum absolute atomic E-state index is 13.0. The van der Waals surface area contributed by atoms with E-state index >= 15 is 0 Å². The van der Waals surface area contributed by atoms with Gasteiger partial charge in [-0.25, -0.2) is 0 Å². The van der Waals surface area contributed by atoms with Crippen molar-refractivity contribution in [3.8, 4) is 0 Å². The van der Waals surface area contributed by atoms with E-state index < -0.39 is 0 Å². The number of aliphatic hydroxyl groups is 1. The molecule has 1 heterocycles. The molecular formula is C21H24N2O3. The second-order valence-corrected chi connectivity index (χ2v) is 6.62.